The Morgan fingerprint density at radius 2 is 2.32 bits per heavy atom. The minimum Gasteiger partial charge on any atom is -0.310 e. The number of rotatable bonds is 2. The van der Waals surface area contributed by atoms with Gasteiger partial charge in [0.05, 0.1) is 5.69 Å². The molecule has 1 N–H and O–H groups in total. The van der Waals surface area contributed by atoms with Crippen LogP contribution in [-0.4, -0.2) is 37.9 Å². The summed E-state index contributed by atoms with van der Waals surface area (Å²) in [7, 11) is 0. The van der Waals surface area contributed by atoms with Gasteiger partial charge in [0.2, 0.25) is 11.7 Å². The molecule has 0 bridgehead atoms. The van der Waals surface area contributed by atoms with E-state index in [9.17, 15) is 4.79 Å². The van der Waals surface area contributed by atoms with Gasteiger partial charge >= 0.3 is 0 Å². The third kappa shape index (κ3) is 2.35. The quantitative estimate of drug-likeness (QED) is 0.847. The molecule has 19 heavy (non-hydrogen) atoms. The van der Waals surface area contributed by atoms with Crippen LogP contribution in [0.2, 0.25) is 5.02 Å². The average Bonchev–Trinajstić information content (AvgIpc) is 2.99. The summed E-state index contributed by atoms with van der Waals surface area (Å²) < 4.78 is 0. The van der Waals surface area contributed by atoms with Gasteiger partial charge in [0.1, 0.15) is 0 Å². The van der Waals surface area contributed by atoms with Crippen LogP contribution in [0.15, 0.2) is 18.2 Å². The maximum Gasteiger partial charge on any atom is 0.228 e. The zero-order chi connectivity index (χ0) is 13.4. The summed E-state index contributed by atoms with van der Waals surface area (Å²) in [6.45, 7) is 0.601. The van der Waals surface area contributed by atoms with E-state index in [1.807, 2.05) is 0 Å². The summed E-state index contributed by atoms with van der Waals surface area (Å²) >= 11 is 9.49. The number of H-pyrrole nitrogens is 1. The monoisotopic (exact) mass is 341 g/mol. The second-order valence-corrected chi connectivity index (χ2v) is 5.93. The molecule has 1 unspecified atom stereocenters. The van der Waals surface area contributed by atoms with Gasteiger partial charge in [-0.1, -0.05) is 27.5 Å². The third-order valence-corrected chi connectivity index (χ3v) is 3.76. The molecule has 0 radical (unpaired) electrons. The van der Waals surface area contributed by atoms with Gasteiger partial charge in [0, 0.05) is 28.4 Å². The van der Waals surface area contributed by atoms with Gasteiger partial charge in [-0.2, -0.15) is 5.21 Å². The Balaban J connectivity index is 2.09. The molecule has 1 saturated heterocycles. The lowest BCUT2D eigenvalue weighted by atomic mass is 10.1. The number of nitrogens with zero attached hydrogens (tertiary/aromatic N) is 4. The fourth-order valence-electron chi connectivity index (χ4n) is 2.09. The topological polar surface area (TPSA) is 74.8 Å². The fraction of sp³-hybridized carbons (Fsp3) is 0.273. The Hall–Kier alpha value is -1.47. The molecule has 1 amide bonds. The number of amides is 1. The normalized spacial score (nSPS) is 19.2. The highest BCUT2D eigenvalue weighted by molar-refractivity contribution is 9.09. The predicted molar refractivity (Wildman–Crippen MR) is 74.3 cm³/mol. The van der Waals surface area contributed by atoms with Gasteiger partial charge in [-0.25, -0.2) is 0 Å². The highest BCUT2D eigenvalue weighted by Gasteiger charge is 2.31. The fourth-order valence-corrected chi connectivity index (χ4v) is 2.82. The molecule has 8 heteroatoms. The molecule has 3 rings (SSSR count). The van der Waals surface area contributed by atoms with Crippen LogP contribution in [0.25, 0.3) is 11.4 Å². The standard InChI is InChI=1S/C11H9BrClN5O/c12-6-3-10(19)18(5-6)9-4-7(13)1-2-8(9)11-14-16-17-15-11/h1-2,4,6H,3,5H2,(H,14,15,16,17). The van der Waals surface area contributed by atoms with E-state index in [-0.39, 0.29) is 10.7 Å². The van der Waals surface area contributed by atoms with E-state index in [0.29, 0.717) is 29.5 Å². The molecule has 1 aliphatic heterocycles. The largest absolute Gasteiger partial charge is 0.310 e. The van der Waals surface area contributed by atoms with Crippen LogP contribution in [0.3, 0.4) is 0 Å². The number of tetrazole rings is 1. The molecule has 0 saturated carbocycles. The van der Waals surface area contributed by atoms with Gasteiger partial charge < -0.3 is 4.90 Å². The van der Waals surface area contributed by atoms with E-state index >= 15 is 0 Å². The first-order chi connectivity index (χ1) is 9.15. The molecule has 0 aliphatic carbocycles. The molecule has 2 aromatic rings. The summed E-state index contributed by atoms with van der Waals surface area (Å²) in [5.41, 5.74) is 1.44. The zero-order valence-electron chi connectivity index (χ0n) is 9.68. The Morgan fingerprint density at radius 3 is 2.95 bits per heavy atom. The van der Waals surface area contributed by atoms with Crippen LogP contribution in [0.1, 0.15) is 6.42 Å². The zero-order valence-corrected chi connectivity index (χ0v) is 12.0. The summed E-state index contributed by atoms with van der Waals surface area (Å²) in [5, 5.41) is 14.4. The lowest BCUT2D eigenvalue weighted by Crippen LogP contribution is -2.25. The van der Waals surface area contributed by atoms with Crippen molar-refractivity contribution in [3.8, 4) is 11.4 Å². The van der Waals surface area contributed by atoms with Crippen molar-refractivity contribution in [2.45, 2.75) is 11.2 Å². The van der Waals surface area contributed by atoms with Crippen LogP contribution in [0.5, 0.6) is 0 Å². The summed E-state index contributed by atoms with van der Waals surface area (Å²) in [6.07, 6.45) is 0.470. The summed E-state index contributed by atoms with van der Waals surface area (Å²) in [6, 6.07) is 5.27. The Bertz CT molecular complexity index is 618. The smallest absolute Gasteiger partial charge is 0.228 e. The number of benzene rings is 1. The van der Waals surface area contributed by atoms with E-state index in [4.69, 9.17) is 11.6 Å². The average molecular weight is 343 g/mol. The maximum absolute atomic E-state index is 12.0. The van der Waals surface area contributed by atoms with E-state index in [1.165, 1.54) is 0 Å². The summed E-state index contributed by atoms with van der Waals surface area (Å²) in [5.74, 6) is 0.492. The predicted octanol–water partition coefficient (Wildman–Crippen LogP) is 2.02. The number of hydrogen-bond acceptors (Lipinski definition) is 4. The van der Waals surface area contributed by atoms with E-state index in [2.05, 4.69) is 36.6 Å². The van der Waals surface area contributed by atoms with Gasteiger partial charge in [0.25, 0.3) is 0 Å². The number of halogens is 2. The number of hydrogen-bond donors (Lipinski definition) is 1. The van der Waals surface area contributed by atoms with Crippen molar-refractivity contribution >= 4 is 39.1 Å². The van der Waals surface area contributed by atoms with Crippen molar-refractivity contribution in [3.05, 3.63) is 23.2 Å². The lowest BCUT2D eigenvalue weighted by molar-refractivity contribution is -0.117. The van der Waals surface area contributed by atoms with Gasteiger partial charge in [-0.3, -0.25) is 4.79 Å². The molecular weight excluding hydrogens is 334 g/mol. The number of alkyl halides is 1. The van der Waals surface area contributed by atoms with Crippen molar-refractivity contribution in [3.63, 3.8) is 0 Å². The van der Waals surface area contributed by atoms with Gasteiger partial charge in [-0.05, 0) is 23.4 Å². The number of aromatic nitrogens is 4. The van der Waals surface area contributed by atoms with Gasteiger partial charge in [-0.15, -0.1) is 10.2 Å². The maximum atomic E-state index is 12.0. The second-order valence-electron chi connectivity index (χ2n) is 4.20. The number of nitrogens with one attached hydrogen (secondary N) is 1. The second kappa shape index (κ2) is 4.90. The lowest BCUT2D eigenvalue weighted by Gasteiger charge is -2.19. The first kappa shape index (κ1) is 12.6. The number of carbonyl (C=O) groups is 1. The Kier molecular flexibility index (Phi) is 3.24. The number of anilines is 1. The highest BCUT2D eigenvalue weighted by atomic mass is 79.9. The van der Waals surface area contributed by atoms with Crippen molar-refractivity contribution in [1.29, 1.82) is 0 Å². The van der Waals surface area contributed by atoms with Crippen LogP contribution in [0, 0.1) is 0 Å². The minimum absolute atomic E-state index is 0.0499. The number of aromatic amines is 1. The van der Waals surface area contributed by atoms with Crippen LogP contribution >= 0.6 is 27.5 Å². The van der Waals surface area contributed by atoms with Crippen LogP contribution < -0.4 is 4.90 Å². The first-order valence-electron chi connectivity index (χ1n) is 5.63. The molecule has 1 aliphatic rings. The van der Waals surface area contributed by atoms with Crippen molar-refractivity contribution in [1.82, 2.24) is 20.6 Å². The van der Waals surface area contributed by atoms with E-state index in [0.717, 1.165) is 5.56 Å². The van der Waals surface area contributed by atoms with Gasteiger partial charge in [0.15, 0.2) is 0 Å². The van der Waals surface area contributed by atoms with E-state index < -0.39 is 0 Å². The molecule has 2 heterocycles. The molecule has 1 aromatic heterocycles. The third-order valence-electron chi connectivity index (χ3n) is 2.91. The summed E-state index contributed by atoms with van der Waals surface area (Å²) in [4.78, 5) is 13.8. The first-order valence-corrected chi connectivity index (χ1v) is 6.92. The molecule has 98 valence electrons. The van der Waals surface area contributed by atoms with Crippen molar-refractivity contribution in [2.75, 3.05) is 11.4 Å². The van der Waals surface area contributed by atoms with Crippen molar-refractivity contribution < 1.29 is 4.79 Å². The van der Waals surface area contributed by atoms with Crippen LogP contribution in [-0.2, 0) is 4.79 Å². The highest BCUT2D eigenvalue weighted by Crippen LogP contribution is 2.34. The SMILES string of the molecule is O=C1CC(Br)CN1c1cc(Cl)ccc1-c1nn[nH]n1. The Morgan fingerprint density at radius 1 is 1.47 bits per heavy atom. The molecule has 1 aromatic carbocycles. The molecule has 6 nitrogen and oxygen atoms in total. The Labute approximate surface area is 122 Å². The molecule has 0 spiro atoms. The minimum atomic E-state index is 0.0499. The van der Waals surface area contributed by atoms with Crippen LogP contribution in [0.4, 0.5) is 5.69 Å². The molecular formula is C11H9BrClN5O. The van der Waals surface area contributed by atoms with Crippen molar-refractivity contribution in [2.24, 2.45) is 0 Å². The van der Waals surface area contributed by atoms with E-state index in [1.54, 1.807) is 23.1 Å². The molecule has 1 atom stereocenters. The molecule has 1 fully saturated rings. The number of carbonyl (C=O) groups excluding carboxylic acids is 1.